The first-order chi connectivity index (χ1) is 8.51. The van der Waals surface area contributed by atoms with Crippen molar-refractivity contribution in [2.75, 3.05) is 18.1 Å². The second-order valence-electron chi connectivity index (χ2n) is 4.14. The van der Waals surface area contributed by atoms with Crippen LogP contribution in [0.15, 0.2) is 6.07 Å². The molecule has 1 aliphatic rings. The van der Waals surface area contributed by atoms with Gasteiger partial charge in [0, 0.05) is 19.5 Å². The zero-order chi connectivity index (χ0) is 13.3. The third-order valence-electron chi connectivity index (χ3n) is 2.81. The number of carbonyl (C=O) groups excluding carboxylic acids is 2. The van der Waals surface area contributed by atoms with Gasteiger partial charge in [0.25, 0.3) is 5.91 Å². The molecule has 1 fully saturated rings. The average Bonchev–Trinajstić information content (AvgIpc) is 2.56. The highest BCUT2D eigenvalue weighted by Gasteiger charge is 2.36. The standard InChI is InChI=1S/C11H15N5O2/c1-3-8-14-7(12)5-9(15-8)13-6-4-10(17)16(2)11(6)18/h5-6H,3-4H2,1-2H3,(H3,12,13,14,15). The molecule has 18 heavy (non-hydrogen) atoms. The molecule has 1 aliphatic heterocycles. The lowest BCUT2D eigenvalue weighted by atomic mass is 10.2. The summed E-state index contributed by atoms with van der Waals surface area (Å²) in [6.07, 6.45) is 0.790. The molecule has 1 saturated heterocycles. The van der Waals surface area contributed by atoms with E-state index in [0.29, 0.717) is 23.9 Å². The quantitative estimate of drug-likeness (QED) is 0.719. The number of aromatic nitrogens is 2. The average molecular weight is 249 g/mol. The van der Waals surface area contributed by atoms with Crippen LogP contribution in [0.3, 0.4) is 0 Å². The first-order valence-electron chi connectivity index (χ1n) is 5.71. The van der Waals surface area contributed by atoms with E-state index in [1.54, 1.807) is 6.07 Å². The molecule has 1 atom stereocenters. The zero-order valence-corrected chi connectivity index (χ0v) is 10.3. The van der Waals surface area contributed by atoms with Crippen molar-refractivity contribution >= 4 is 23.5 Å². The summed E-state index contributed by atoms with van der Waals surface area (Å²) in [7, 11) is 1.47. The third kappa shape index (κ3) is 2.24. The van der Waals surface area contributed by atoms with Gasteiger partial charge in [0.1, 0.15) is 23.5 Å². The van der Waals surface area contributed by atoms with Crippen LogP contribution >= 0.6 is 0 Å². The summed E-state index contributed by atoms with van der Waals surface area (Å²) in [5.74, 6) is 0.961. The van der Waals surface area contributed by atoms with E-state index in [-0.39, 0.29) is 18.2 Å². The van der Waals surface area contributed by atoms with Crippen LogP contribution in [0.2, 0.25) is 0 Å². The van der Waals surface area contributed by atoms with Gasteiger partial charge in [-0.15, -0.1) is 0 Å². The van der Waals surface area contributed by atoms with Crippen LogP contribution < -0.4 is 11.1 Å². The number of anilines is 2. The Balaban J connectivity index is 2.17. The second kappa shape index (κ2) is 4.59. The highest BCUT2D eigenvalue weighted by atomic mass is 16.2. The minimum absolute atomic E-state index is 0.140. The van der Waals surface area contributed by atoms with Gasteiger partial charge < -0.3 is 11.1 Å². The number of likely N-dealkylation sites (N-methyl/N-ethyl adjacent to an activating group) is 1. The minimum atomic E-state index is -0.568. The van der Waals surface area contributed by atoms with Crippen LogP contribution in [0, 0.1) is 0 Å². The molecule has 7 heteroatoms. The lowest BCUT2D eigenvalue weighted by Crippen LogP contribution is -2.32. The van der Waals surface area contributed by atoms with Gasteiger partial charge in [-0.25, -0.2) is 9.97 Å². The van der Waals surface area contributed by atoms with Crippen molar-refractivity contribution in [3.8, 4) is 0 Å². The number of hydrogen-bond donors (Lipinski definition) is 2. The van der Waals surface area contributed by atoms with Gasteiger partial charge in [0.05, 0.1) is 6.42 Å². The lowest BCUT2D eigenvalue weighted by Gasteiger charge is -2.12. The number of nitrogen functional groups attached to an aromatic ring is 1. The third-order valence-corrected chi connectivity index (χ3v) is 2.81. The highest BCUT2D eigenvalue weighted by molar-refractivity contribution is 6.06. The summed E-state index contributed by atoms with van der Waals surface area (Å²) in [5.41, 5.74) is 5.65. The van der Waals surface area contributed by atoms with Crippen LogP contribution in [-0.4, -0.2) is 39.8 Å². The number of amides is 2. The highest BCUT2D eigenvalue weighted by Crippen LogP contribution is 2.17. The van der Waals surface area contributed by atoms with Crippen molar-refractivity contribution in [2.45, 2.75) is 25.8 Å². The molecule has 0 spiro atoms. The van der Waals surface area contributed by atoms with Crippen molar-refractivity contribution in [3.05, 3.63) is 11.9 Å². The molecule has 0 aliphatic carbocycles. The van der Waals surface area contributed by atoms with Crippen LogP contribution in [0.5, 0.6) is 0 Å². The number of nitrogens with two attached hydrogens (primary N) is 1. The van der Waals surface area contributed by atoms with Crippen LogP contribution in [0.1, 0.15) is 19.2 Å². The molecule has 0 bridgehead atoms. The molecule has 0 aromatic carbocycles. The smallest absolute Gasteiger partial charge is 0.251 e. The van der Waals surface area contributed by atoms with E-state index in [1.807, 2.05) is 6.92 Å². The Morgan fingerprint density at radius 1 is 1.50 bits per heavy atom. The molecule has 2 rings (SSSR count). The monoisotopic (exact) mass is 249 g/mol. The summed E-state index contributed by atoms with van der Waals surface area (Å²) in [6, 6.07) is 0.983. The lowest BCUT2D eigenvalue weighted by molar-refractivity contribution is -0.136. The zero-order valence-electron chi connectivity index (χ0n) is 10.3. The topological polar surface area (TPSA) is 101 Å². The summed E-state index contributed by atoms with van der Waals surface area (Å²) in [5, 5.41) is 2.92. The van der Waals surface area contributed by atoms with Gasteiger partial charge in [-0.3, -0.25) is 14.5 Å². The van der Waals surface area contributed by atoms with Crippen molar-refractivity contribution in [2.24, 2.45) is 0 Å². The summed E-state index contributed by atoms with van der Waals surface area (Å²) >= 11 is 0. The van der Waals surface area contributed by atoms with E-state index in [2.05, 4.69) is 15.3 Å². The van der Waals surface area contributed by atoms with Crippen LogP contribution in [-0.2, 0) is 16.0 Å². The molecule has 0 saturated carbocycles. The summed E-state index contributed by atoms with van der Waals surface area (Å²) in [4.78, 5) is 32.5. The second-order valence-corrected chi connectivity index (χ2v) is 4.14. The van der Waals surface area contributed by atoms with E-state index < -0.39 is 6.04 Å². The maximum absolute atomic E-state index is 11.7. The normalized spacial score (nSPS) is 19.4. The fourth-order valence-corrected chi connectivity index (χ4v) is 1.80. The molecular weight excluding hydrogens is 234 g/mol. The van der Waals surface area contributed by atoms with E-state index in [9.17, 15) is 9.59 Å². The molecule has 96 valence electrons. The SMILES string of the molecule is CCc1nc(N)cc(NC2CC(=O)N(C)C2=O)n1. The number of nitrogens with one attached hydrogen (secondary N) is 1. The Morgan fingerprint density at radius 2 is 2.22 bits per heavy atom. The largest absolute Gasteiger partial charge is 0.384 e. The fraction of sp³-hybridized carbons (Fsp3) is 0.455. The molecule has 2 heterocycles. The van der Waals surface area contributed by atoms with E-state index in [1.165, 1.54) is 7.05 Å². The van der Waals surface area contributed by atoms with E-state index >= 15 is 0 Å². The minimum Gasteiger partial charge on any atom is -0.384 e. The number of likely N-dealkylation sites (tertiary alicyclic amines) is 1. The maximum atomic E-state index is 11.7. The van der Waals surface area contributed by atoms with Gasteiger partial charge in [-0.2, -0.15) is 0 Å². The van der Waals surface area contributed by atoms with Crippen molar-refractivity contribution in [1.29, 1.82) is 0 Å². The van der Waals surface area contributed by atoms with E-state index in [4.69, 9.17) is 5.73 Å². The molecule has 2 amide bonds. The van der Waals surface area contributed by atoms with Gasteiger partial charge in [0.2, 0.25) is 5.91 Å². The van der Waals surface area contributed by atoms with Gasteiger partial charge >= 0.3 is 0 Å². The number of aryl methyl sites for hydroxylation is 1. The molecule has 3 N–H and O–H groups in total. The van der Waals surface area contributed by atoms with Crippen molar-refractivity contribution < 1.29 is 9.59 Å². The Morgan fingerprint density at radius 3 is 2.78 bits per heavy atom. The maximum Gasteiger partial charge on any atom is 0.251 e. The van der Waals surface area contributed by atoms with Crippen molar-refractivity contribution in [3.63, 3.8) is 0 Å². The van der Waals surface area contributed by atoms with E-state index in [0.717, 1.165) is 4.90 Å². The predicted octanol–water partition coefficient (Wildman–Crippen LogP) is -0.210. The molecule has 7 nitrogen and oxygen atoms in total. The van der Waals surface area contributed by atoms with Gasteiger partial charge in [0.15, 0.2) is 0 Å². The molecular formula is C11H15N5O2. The number of imide groups is 1. The first kappa shape index (κ1) is 12.3. The van der Waals surface area contributed by atoms with Crippen molar-refractivity contribution in [1.82, 2.24) is 14.9 Å². The molecule has 1 aromatic heterocycles. The summed E-state index contributed by atoms with van der Waals surface area (Å²) < 4.78 is 0. The molecule has 1 unspecified atom stereocenters. The Hall–Kier alpha value is -2.18. The Labute approximate surface area is 104 Å². The predicted molar refractivity (Wildman–Crippen MR) is 65.6 cm³/mol. The summed E-state index contributed by atoms with van der Waals surface area (Å²) in [6.45, 7) is 1.91. The first-order valence-corrected chi connectivity index (χ1v) is 5.71. The van der Waals surface area contributed by atoms with Gasteiger partial charge in [-0.1, -0.05) is 6.92 Å². The number of rotatable bonds is 3. The Kier molecular flexibility index (Phi) is 3.14. The number of hydrogen-bond acceptors (Lipinski definition) is 6. The number of carbonyl (C=O) groups is 2. The molecule has 0 radical (unpaired) electrons. The fourth-order valence-electron chi connectivity index (χ4n) is 1.80. The Bertz CT molecular complexity index is 502. The number of nitrogens with zero attached hydrogens (tertiary/aromatic N) is 3. The molecule has 1 aromatic rings. The van der Waals surface area contributed by atoms with Crippen LogP contribution in [0.4, 0.5) is 11.6 Å². The van der Waals surface area contributed by atoms with Crippen LogP contribution in [0.25, 0.3) is 0 Å². The van der Waals surface area contributed by atoms with Gasteiger partial charge in [-0.05, 0) is 0 Å².